The molecule has 3 heterocycles. The van der Waals surface area contributed by atoms with Crippen LogP contribution >= 0.6 is 0 Å². The lowest BCUT2D eigenvalue weighted by Gasteiger charge is -2.10. The molecule has 0 bridgehead atoms. The summed E-state index contributed by atoms with van der Waals surface area (Å²) in [5, 5.41) is 4.42. The van der Waals surface area contributed by atoms with Crippen LogP contribution in [0.25, 0.3) is 106 Å². The van der Waals surface area contributed by atoms with Gasteiger partial charge < -0.3 is 8.98 Å². The minimum absolute atomic E-state index is 0.596. The Morgan fingerprint density at radius 1 is 0.339 bits per heavy atom. The summed E-state index contributed by atoms with van der Waals surface area (Å²) in [5.74, 6) is 1.83. The van der Waals surface area contributed by atoms with Gasteiger partial charge in [-0.25, -0.2) is 15.0 Å². The molecule has 0 aliphatic rings. The molecule has 0 amide bonds. The minimum Gasteiger partial charge on any atom is -0.456 e. The number of para-hydroxylation sites is 2. The van der Waals surface area contributed by atoms with Crippen LogP contribution in [-0.4, -0.2) is 19.5 Å². The summed E-state index contributed by atoms with van der Waals surface area (Å²) in [5.41, 5.74) is 12.4. The molecule has 8 aromatic carbocycles. The van der Waals surface area contributed by atoms with Gasteiger partial charge in [0.2, 0.25) is 0 Å². The van der Waals surface area contributed by atoms with E-state index in [0.29, 0.717) is 17.5 Å². The number of benzene rings is 8. The van der Waals surface area contributed by atoms with Crippen molar-refractivity contribution in [3.8, 4) is 62.1 Å². The molecule has 0 spiro atoms. The van der Waals surface area contributed by atoms with Crippen LogP contribution < -0.4 is 0 Å². The summed E-state index contributed by atoms with van der Waals surface area (Å²) < 4.78 is 8.95. The highest BCUT2D eigenvalue weighted by Gasteiger charge is 2.19. The molecule has 0 saturated heterocycles. The Morgan fingerprint density at radius 3 is 1.66 bits per heavy atom. The maximum Gasteiger partial charge on any atom is 0.164 e. The van der Waals surface area contributed by atoms with Crippen molar-refractivity contribution in [1.29, 1.82) is 0 Å². The predicted octanol–water partition coefficient (Wildman–Crippen LogP) is 13.2. The normalized spacial score (nSPS) is 11.6. The summed E-state index contributed by atoms with van der Waals surface area (Å²) in [4.78, 5) is 15.2. The Kier molecular flexibility index (Phi) is 7.42. The van der Waals surface area contributed by atoms with E-state index in [-0.39, 0.29) is 0 Å². The van der Waals surface area contributed by atoms with Crippen molar-refractivity contribution >= 4 is 43.7 Å². The van der Waals surface area contributed by atoms with E-state index < -0.39 is 0 Å². The fourth-order valence-corrected chi connectivity index (χ4v) is 7.98. The molecule has 11 aromatic rings. The molecule has 3 aromatic heterocycles. The average Bonchev–Trinajstić information content (AvgIpc) is 3.82. The highest BCUT2D eigenvalue weighted by Crippen LogP contribution is 2.40. The lowest BCUT2D eigenvalue weighted by Crippen LogP contribution is -2.00. The van der Waals surface area contributed by atoms with Crippen molar-refractivity contribution in [2.75, 3.05) is 0 Å². The molecule has 0 atom stereocenters. The molecular formula is C51H32N4O. The van der Waals surface area contributed by atoms with Crippen LogP contribution in [0.4, 0.5) is 0 Å². The average molecular weight is 717 g/mol. The first kappa shape index (κ1) is 31.9. The Morgan fingerprint density at radius 2 is 0.893 bits per heavy atom. The molecule has 0 saturated carbocycles. The van der Waals surface area contributed by atoms with Gasteiger partial charge in [-0.05, 0) is 70.8 Å². The maximum absolute atomic E-state index is 6.61. The topological polar surface area (TPSA) is 56.7 Å². The van der Waals surface area contributed by atoms with Crippen molar-refractivity contribution in [2.24, 2.45) is 0 Å². The molecule has 0 aliphatic carbocycles. The molecule has 0 N–H and O–H groups in total. The Hall–Kier alpha value is -7.63. The van der Waals surface area contributed by atoms with Crippen LogP contribution in [-0.2, 0) is 0 Å². The highest BCUT2D eigenvalue weighted by atomic mass is 16.3. The van der Waals surface area contributed by atoms with E-state index in [0.717, 1.165) is 61.0 Å². The lowest BCUT2D eigenvalue weighted by molar-refractivity contribution is 0.669. The third kappa shape index (κ3) is 5.37. The molecule has 0 unspecified atom stereocenters. The number of nitrogens with zero attached hydrogens (tertiary/aromatic N) is 4. The van der Waals surface area contributed by atoms with Gasteiger partial charge in [0.25, 0.3) is 0 Å². The van der Waals surface area contributed by atoms with E-state index in [1.807, 2.05) is 48.5 Å². The summed E-state index contributed by atoms with van der Waals surface area (Å²) >= 11 is 0. The molecular weight excluding hydrogens is 685 g/mol. The first-order valence-electron chi connectivity index (χ1n) is 18.8. The monoisotopic (exact) mass is 716 g/mol. The summed E-state index contributed by atoms with van der Waals surface area (Å²) in [6.45, 7) is 0. The van der Waals surface area contributed by atoms with Gasteiger partial charge in [0.05, 0.1) is 11.0 Å². The van der Waals surface area contributed by atoms with Gasteiger partial charge in [-0.3, -0.25) is 0 Å². The van der Waals surface area contributed by atoms with E-state index >= 15 is 0 Å². The predicted molar refractivity (Wildman–Crippen MR) is 229 cm³/mol. The van der Waals surface area contributed by atoms with Gasteiger partial charge >= 0.3 is 0 Å². The standard InChI is InChI=1S/C51H32N4O/c1-4-13-33(14-5-1)34-23-25-36(26-24-34)50-52-49(35-15-6-2-7-16-35)53-51(54-50)42-20-12-22-46-48(42)41-29-27-38(32-47(41)56-46)37-28-30-45-43(31-37)40-19-10-11-21-44(40)55(45)39-17-8-3-9-18-39/h1-32H. The second kappa shape index (κ2) is 13.0. The van der Waals surface area contributed by atoms with Crippen molar-refractivity contribution in [3.05, 3.63) is 194 Å². The number of furan rings is 1. The van der Waals surface area contributed by atoms with Crippen LogP contribution in [0.1, 0.15) is 0 Å². The highest BCUT2D eigenvalue weighted by molar-refractivity contribution is 6.13. The molecule has 0 fully saturated rings. The molecule has 11 rings (SSSR count). The molecule has 262 valence electrons. The molecule has 5 nitrogen and oxygen atoms in total. The molecule has 56 heavy (non-hydrogen) atoms. The Balaban J connectivity index is 1.03. The molecule has 0 radical (unpaired) electrons. The van der Waals surface area contributed by atoms with Gasteiger partial charge in [0.1, 0.15) is 11.2 Å². The number of aromatic nitrogens is 4. The fraction of sp³-hybridized carbons (Fsp3) is 0. The first-order valence-corrected chi connectivity index (χ1v) is 18.8. The van der Waals surface area contributed by atoms with Gasteiger partial charge in [0, 0.05) is 43.9 Å². The quantitative estimate of drug-likeness (QED) is 0.172. The molecule has 0 aliphatic heterocycles. The smallest absolute Gasteiger partial charge is 0.164 e. The number of rotatable bonds is 6. The largest absolute Gasteiger partial charge is 0.456 e. The minimum atomic E-state index is 0.596. The molecule has 5 heteroatoms. The Labute approximate surface area is 322 Å². The van der Waals surface area contributed by atoms with E-state index in [9.17, 15) is 0 Å². The van der Waals surface area contributed by atoms with Gasteiger partial charge in [-0.15, -0.1) is 0 Å². The van der Waals surface area contributed by atoms with Gasteiger partial charge in [-0.1, -0.05) is 146 Å². The van der Waals surface area contributed by atoms with Crippen molar-refractivity contribution < 1.29 is 4.42 Å². The number of hydrogen-bond acceptors (Lipinski definition) is 4. The zero-order valence-corrected chi connectivity index (χ0v) is 30.2. The van der Waals surface area contributed by atoms with Crippen LogP contribution in [0.5, 0.6) is 0 Å². The first-order chi connectivity index (χ1) is 27.7. The van der Waals surface area contributed by atoms with E-state index in [2.05, 4.69) is 150 Å². The van der Waals surface area contributed by atoms with E-state index in [1.54, 1.807) is 0 Å². The van der Waals surface area contributed by atoms with E-state index in [1.165, 1.54) is 27.4 Å². The van der Waals surface area contributed by atoms with Crippen molar-refractivity contribution in [1.82, 2.24) is 19.5 Å². The second-order valence-electron chi connectivity index (χ2n) is 14.0. The van der Waals surface area contributed by atoms with Gasteiger partial charge in [-0.2, -0.15) is 0 Å². The summed E-state index contributed by atoms with van der Waals surface area (Å²) in [6, 6.07) is 67.4. The third-order valence-corrected chi connectivity index (χ3v) is 10.7. The van der Waals surface area contributed by atoms with Crippen LogP contribution in [0, 0.1) is 0 Å². The second-order valence-corrected chi connectivity index (χ2v) is 14.0. The van der Waals surface area contributed by atoms with Crippen LogP contribution in [0.15, 0.2) is 199 Å². The zero-order chi connectivity index (χ0) is 37.0. The van der Waals surface area contributed by atoms with Crippen molar-refractivity contribution in [3.63, 3.8) is 0 Å². The summed E-state index contributed by atoms with van der Waals surface area (Å²) in [6.07, 6.45) is 0. The Bertz CT molecular complexity index is 3220. The van der Waals surface area contributed by atoms with Crippen molar-refractivity contribution in [2.45, 2.75) is 0 Å². The van der Waals surface area contributed by atoms with E-state index in [4.69, 9.17) is 19.4 Å². The van der Waals surface area contributed by atoms with Gasteiger partial charge in [0.15, 0.2) is 17.5 Å². The van der Waals surface area contributed by atoms with Crippen LogP contribution in [0.2, 0.25) is 0 Å². The van der Waals surface area contributed by atoms with Crippen LogP contribution in [0.3, 0.4) is 0 Å². The SMILES string of the molecule is c1ccc(-c2ccc(-c3nc(-c4ccccc4)nc(-c4cccc5oc6cc(-c7ccc8c(c7)c7ccccc7n8-c7ccccc7)ccc6c45)n3)cc2)cc1. The zero-order valence-electron chi connectivity index (χ0n) is 30.2. The summed E-state index contributed by atoms with van der Waals surface area (Å²) in [7, 11) is 0. The fourth-order valence-electron chi connectivity index (χ4n) is 7.98. The number of hydrogen-bond donors (Lipinski definition) is 0. The maximum atomic E-state index is 6.61. The lowest BCUT2D eigenvalue weighted by atomic mass is 10.00. The third-order valence-electron chi connectivity index (χ3n) is 10.7. The number of fused-ring (bicyclic) bond motifs is 6.